The third-order valence-corrected chi connectivity index (χ3v) is 8.28. The maximum atomic E-state index is 14.2. The van der Waals surface area contributed by atoms with Crippen molar-refractivity contribution in [2.45, 2.75) is 55.8 Å². The molecule has 12 heteroatoms. The van der Waals surface area contributed by atoms with E-state index in [2.05, 4.69) is 30.2 Å². The molecule has 1 spiro atoms. The molecule has 4 aromatic heterocycles. The zero-order valence-corrected chi connectivity index (χ0v) is 20.1. The lowest BCUT2D eigenvalue weighted by atomic mass is 9.67. The van der Waals surface area contributed by atoms with E-state index in [1.165, 1.54) is 0 Å². The van der Waals surface area contributed by atoms with Crippen LogP contribution in [0.2, 0.25) is 5.02 Å². The van der Waals surface area contributed by atoms with E-state index < -0.39 is 17.1 Å². The van der Waals surface area contributed by atoms with Gasteiger partial charge in [0, 0.05) is 43.2 Å². The number of anilines is 2. The molecule has 5 heterocycles. The minimum Gasteiger partial charge on any atom is -0.342 e. The number of hydrogen-bond acceptors (Lipinski definition) is 5. The van der Waals surface area contributed by atoms with Crippen LogP contribution in [0, 0.1) is 0 Å². The number of aryl methyl sites for hydroxylation is 1. The second-order valence-corrected chi connectivity index (χ2v) is 10.5. The number of hydrogen-bond donors (Lipinski definition) is 1. The lowest BCUT2D eigenvalue weighted by Crippen LogP contribution is -2.51. The van der Waals surface area contributed by atoms with Gasteiger partial charge < -0.3 is 14.5 Å². The lowest BCUT2D eigenvalue weighted by molar-refractivity contribution is -0.216. The molecule has 2 saturated carbocycles. The minimum atomic E-state index is -4.35. The van der Waals surface area contributed by atoms with Gasteiger partial charge >= 0.3 is 6.18 Å². The fraction of sp³-hybridized carbons (Fsp3) is 0.417. The van der Waals surface area contributed by atoms with Crippen molar-refractivity contribution in [3.63, 3.8) is 0 Å². The van der Waals surface area contributed by atoms with Crippen LogP contribution >= 0.6 is 11.6 Å². The molecule has 0 bridgehead atoms. The number of alkyl halides is 3. The van der Waals surface area contributed by atoms with Gasteiger partial charge in [0.05, 0.1) is 22.5 Å². The van der Waals surface area contributed by atoms with E-state index in [1.54, 1.807) is 17.1 Å². The smallest absolute Gasteiger partial charge is 0.342 e. The van der Waals surface area contributed by atoms with E-state index in [1.807, 2.05) is 36.0 Å². The first-order valence-corrected chi connectivity index (χ1v) is 12.2. The lowest BCUT2D eigenvalue weighted by Gasteiger charge is -2.43. The topological polar surface area (TPSA) is 78.4 Å². The maximum Gasteiger partial charge on any atom is 0.401 e. The largest absolute Gasteiger partial charge is 0.401 e. The zero-order chi connectivity index (χ0) is 24.9. The number of nitrogens with zero attached hydrogens (tertiary/aromatic N) is 7. The van der Waals surface area contributed by atoms with Crippen LogP contribution in [0.1, 0.15) is 37.9 Å². The van der Waals surface area contributed by atoms with Crippen LogP contribution in [0.3, 0.4) is 0 Å². The SMILES string of the molecule is Cn1nccc1Nc1cc(-c2cc3n(c2)CC2(CC2)n2c-3nnc2C2(C(F)(F)F)CCC2)c(Cl)cn1. The van der Waals surface area contributed by atoms with Gasteiger partial charge in [-0.05, 0) is 37.8 Å². The Morgan fingerprint density at radius 1 is 1.11 bits per heavy atom. The third kappa shape index (κ3) is 2.95. The van der Waals surface area contributed by atoms with E-state index >= 15 is 0 Å². The Hall–Kier alpha value is -3.34. The van der Waals surface area contributed by atoms with Gasteiger partial charge in [0.15, 0.2) is 5.82 Å². The first-order valence-electron chi connectivity index (χ1n) is 11.9. The van der Waals surface area contributed by atoms with Gasteiger partial charge in [0.25, 0.3) is 0 Å². The van der Waals surface area contributed by atoms with Crippen LogP contribution in [-0.2, 0) is 24.5 Å². The summed E-state index contributed by atoms with van der Waals surface area (Å²) in [5.74, 6) is 1.95. The highest BCUT2D eigenvalue weighted by molar-refractivity contribution is 6.33. The van der Waals surface area contributed by atoms with Crippen molar-refractivity contribution in [2.24, 2.45) is 7.05 Å². The zero-order valence-electron chi connectivity index (χ0n) is 19.3. The average molecular weight is 515 g/mol. The average Bonchev–Trinajstić information content (AvgIpc) is 3.11. The van der Waals surface area contributed by atoms with Crippen molar-refractivity contribution >= 4 is 23.2 Å². The van der Waals surface area contributed by atoms with Crippen molar-refractivity contribution in [3.05, 3.63) is 47.6 Å². The van der Waals surface area contributed by atoms with Gasteiger partial charge in [0.1, 0.15) is 22.9 Å². The molecular weight excluding hydrogens is 493 g/mol. The summed E-state index contributed by atoms with van der Waals surface area (Å²) >= 11 is 6.54. The normalized spacial score (nSPS) is 19.0. The molecule has 36 heavy (non-hydrogen) atoms. The summed E-state index contributed by atoms with van der Waals surface area (Å²) in [6.45, 7) is 0.580. The van der Waals surface area contributed by atoms with Crippen LogP contribution in [0.15, 0.2) is 36.8 Å². The molecular formula is C24H22ClF3N8. The molecule has 7 rings (SSSR count). The van der Waals surface area contributed by atoms with Crippen molar-refractivity contribution in [1.82, 2.24) is 34.1 Å². The first-order chi connectivity index (χ1) is 17.2. The van der Waals surface area contributed by atoms with Crippen molar-refractivity contribution in [3.8, 4) is 22.6 Å². The summed E-state index contributed by atoms with van der Waals surface area (Å²) < 4.78 is 48.2. The van der Waals surface area contributed by atoms with E-state index in [9.17, 15) is 13.2 Å². The quantitative estimate of drug-likeness (QED) is 0.393. The highest BCUT2D eigenvalue weighted by atomic mass is 35.5. The summed E-state index contributed by atoms with van der Waals surface area (Å²) in [7, 11) is 1.83. The molecule has 2 aliphatic carbocycles. The van der Waals surface area contributed by atoms with Crippen LogP contribution < -0.4 is 5.32 Å². The molecule has 8 nitrogen and oxygen atoms in total. The Balaban J connectivity index is 1.31. The minimum absolute atomic E-state index is 0.0655. The molecule has 1 aliphatic heterocycles. The van der Waals surface area contributed by atoms with Gasteiger partial charge in [0.2, 0.25) is 0 Å². The van der Waals surface area contributed by atoms with Crippen LogP contribution in [0.25, 0.3) is 22.6 Å². The molecule has 4 aromatic rings. The van der Waals surface area contributed by atoms with E-state index in [0.29, 0.717) is 29.6 Å². The predicted molar refractivity (Wildman–Crippen MR) is 127 cm³/mol. The van der Waals surface area contributed by atoms with E-state index in [-0.39, 0.29) is 18.7 Å². The third-order valence-electron chi connectivity index (χ3n) is 7.98. The molecule has 0 unspecified atom stereocenters. The summed E-state index contributed by atoms with van der Waals surface area (Å²) in [5.41, 5.74) is 0.0479. The standard InChI is InChI=1S/C24H22ClF3N8/c1-34-19(3-8-30-34)31-18-10-15(16(25)11-29-18)14-9-17-20-32-33-21(23(4-2-5-23)24(26,27)28)36(20)22(6-7-22)13-35(17)12-14/h3,8-12H,2,4-7,13H2,1H3,(H,29,31). The first kappa shape index (κ1) is 21.9. The van der Waals surface area contributed by atoms with Gasteiger partial charge in [-0.3, -0.25) is 4.68 Å². The summed E-state index contributed by atoms with van der Waals surface area (Å²) in [6, 6.07) is 5.62. The van der Waals surface area contributed by atoms with Gasteiger partial charge in [-0.25, -0.2) is 4.98 Å². The Kier molecular flexibility index (Phi) is 4.33. The van der Waals surface area contributed by atoms with Crippen LogP contribution in [-0.4, -0.2) is 40.3 Å². The molecule has 2 fully saturated rings. The molecule has 0 amide bonds. The molecule has 1 N–H and O–H groups in total. The Morgan fingerprint density at radius 2 is 1.92 bits per heavy atom. The van der Waals surface area contributed by atoms with Crippen LogP contribution in [0.4, 0.5) is 24.8 Å². The van der Waals surface area contributed by atoms with Crippen LogP contribution in [0.5, 0.6) is 0 Å². The Labute approximate surface area is 209 Å². The second-order valence-electron chi connectivity index (χ2n) is 10.1. The van der Waals surface area contributed by atoms with Gasteiger partial charge in [-0.15, -0.1) is 10.2 Å². The second kappa shape index (κ2) is 7.12. The van der Waals surface area contributed by atoms with E-state index in [4.69, 9.17) is 11.6 Å². The number of pyridine rings is 1. The van der Waals surface area contributed by atoms with Crippen molar-refractivity contribution in [1.29, 1.82) is 0 Å². The molecule has 0 atom stereocenters. The molecule has 0 radical (unpaired) electrons. The monoisotopic (exact) mass is 514 g/mol. The highest BCUT2D eigenvalue weighted by Crippen LogP contribution is 2.59. The number of aromatic nitrogens is 7. The van der Waals surface area contributed by atoms with Crippen molar-refractivity contribution < 1.29 is 13.2 Å². The number of rotatable bonds is 4. The number of halogens is 4. The van der Waals surface area contributed by atoms with Gasteiger partial charge in [-0.2, -0.15) is 18.3 Å². The number of nitrogens with one attached hydrogen (secondary N) is 1. The summed E-state index contributed by atoms with van der Waals surface area (Å²) in [5, 5.41) is 16.4. The molecule has 3 aliphatic rings. The van der Waals surface area contributed by atoms with Gasteiger partial charge in [-0.1, -0.05) is 18.0 Å². The van der Waals surface area contributed by atoms with E-state index in [0.717, 1.165) is 35.5 Å². The maximum absolute atomic E-state index is 14.2. The molecule has 0 saturated heterocycles. The Bertz CT molecular complexity index is 1510. The fourth-order valence-electron chi connectivity index (χ4n) is 5.62. The summed E-state index contributed by atoms with van der Waals surface area (Å²) in [4.78, 5) is 4.38. The number of fused-ring (bicyclic) bond motifs is 4. The Morgan fingerprint density at radius 3 is 2.56 bits per heavy atom. The fourth-order valence-corrected chi connectivity index (χ4v) is 5.83. The highest BCUT2D eigenvalue weighted by Gasteiger charge is 2.64. The van der Waals surface area contributed by atoms with Crippen molar-refractivity contribution in [2.75, 3.05) is 5.32 Å². The molecule has 0 aromatic carbocycles. The predicted octanol–water partition coefficient (Wildman–Crippen LogP) is 5.43. The molecule has 186 valence electrons. The summed E-state index contributed by atoms with van der Waals surface area (Å²) in [6.07, 6.45) is 3.20.